The molecule has 2 bridgehead atoms. The predicted molar refractivity (Wildman–Crippen MR) is 182 cm³/mol. The molecular weight excluding hydrogens is 640 g/mol. The van der Waals surface area contributed by atoms with Crippen molar-refractivity contribution in [2.24, 2.45) is 23.2 Å². The molecule has 2 aliphatic heterocycles. The van der Waals surface area contributed by atoms with Gasteiger partial charge in [0.05, 0.1) is 29.1 Å². The summed E-state index contributed by atoms with van der Waals surface area (Å²) >= 11 is 6.41. The van der Waals surface area contributed by atoms with Crippen LogP contribution in [0, 0.1) is 23.2 Å². The molecular formula is C36H45ClN2O7S. The highest BCUT2D eigenvalue weighted by Crippen LogP contribution is 2.56. The Labute approximate surface area is 282 Å². The van der Waals surface area contributed by atoms with Crippen LogP contribution in [0.3, 0.4) is 0 Å². The zero-order valence-electron chi connectivity index (χ0n) is 27.5. The lowest BCUT2D eigenvalue weighted by atomic mass is 9.52. The summed E-state index contributed by atoms with van der Waals surface area (Å²) in [6.45, 7) is 8.39. The van der Waals surface area contributed by atoms with E-state index in [1.165, 1.54) is 18.1 Å². The van der Waals surface area contributed by atoms with Crippen LogP contribution < -0.4 is 14.4 Å². The fourth-order valence-corrected chi connectivity index (χ4v) is 9.92. The van der Waals surface area contributed by atoms with Gasteiger partial charge in [-0.25, -0.2) is 13.1 Å². The molecule has 1 amide bonds. The summed E-state index contributed by atoms with van der Waals surface area (Å²) in [6, 6.07) is 11.1. The average Bonchev–Trinajstić information content (AvgIpc) is 3.15. The number of carboxylic acid groups (broad SMARTS) is 1. The van der Waals surface area contributed by atoms with Crippen molar-refractivity contribution in [1.82, 2.24) is 4.72 Å². The highest BCUT2D eigenvalue weighted by Gasteiger charge is 2.57. The van der Waals surface area contributed by atoms with Crippen LogP contribution in [-0.4, -0.2) is 61.1 Å². The molecule has 9 nitrogen and oxygen atoms in total. The number of sulfonamides is 1. The van der Waals surface area contributed by atoms with Crippen LogP contribution in [0.25, 0.3) is 0 Å². The second-order valence-corrected chi connectivity index (χ2v) is 17.2. The van der Waals surface area contributed by atoms with Gasteiger partial charge in [0.1, 0.15) is 5.75 Å². The van der Waals surface area contributed by atoms with Crippen LogP contribution in [0.5, 0.6) is 5.75 Å². The third kappa shape index (κ3) is 5.95. The minimum absolute atomic E-state index is 0.200. The molecule has 0 aromatic heterocycles. The number of carbonyl (C=O) groups is 2. The number of ether oxygens (including phenoxy) is 1. The lowest BCUT2D eigenvalue weighted by Crippen LogP contribution is -2.60. The maximum absolute atomic E-state index is 13.5. The molecule has 6 rings (SSSR count). The van der Waals surface area contributed by atoms with Crippen LogP contribution in [0.2, 0.25) is 5.02 Å². The number of aliphatic hydroxyl groups is 1. The van der Waals surface area contributed by atoms with E-state index in [2.05, 4.69) is 22.6 Å². The molecule has 1 unspecified atom stereocenters. The molecule has 4 aliphatic rings. The number of fused-ring (bicyclic) bond motifs is 4. The first kappa shape index (κ1) is 33.8. The van der Waals surface area contributed by atoms with Gasteiger partial charge in [-0.2, -0.15) is 0 Å². The van der Waals surface area contributed by atoms with E-state index in [1.54, 1.807) is 44.2 Å². The SMILES string of the molecule is C[C@@H]1[C@@H](C)C/C=C/[C@](O)([C@@H](C)C(=O)O)[C@@H]2CCC2(C)CN2C[C@@]3(CCCc4cc(Cl)ccc43)COc3ccc(cc32)C(=O)NS1(=O)=O. The number of carboxylic acids is 1. The number of carbonyl (C=O) groups excluding carboxylic acids is 1. The van der Waals surface area contributed by atoms with Crippen molar-refractivity contribution in [3.8, 4) is 5.75 Å². The van der Waals surface area contributed by atoms with Gasteiger partial charge in [0.15, 0.2) is 0 Å². The number of benzene rings is 2. The van der Waals surface area contributed by atoms with E-state index in [0.717, 1.165) is 25.7 Å². The van der Waals surface area contributed by atoms with E-state index in [4.69, 9.17) is 16.3 Å². The van der Waals surface area contributed by atoms with Crippen LogP contribution in [-0.2, 0) is 26.7 Å². The molecule has 11 heteroatoms. The zero-order valence-corrected chi connectivity index (χ0v) is 29.0. The van der Waals surface area contributed by atoms with Crippen molar-refractivity contribution >= 4 is 39.2 Å². The van der Waals surface area contributed by atoms with E-state index in [-0.39, 0.29) is 17.9 Å². The Morgan fingerprint density at radius 3 is 2.62 bits per heavy atom. The fraction of sp³-hybridized carbons (Fsp3) is 0.556. The molecule has 2 aromatic rings. The van der Waals surface area contributed by atoms with Crippen LogP contribution in [0.15, 0.2) is 48.6 Å². The van der Waals surface area contributed by atoms with Crippen molar-refractivity contribution in [1.29, 1.82) is 0 Å². The number of hydrogen-bond acceptors (Lipinski definition) is 7. The van der Waals surface area contributed by atoms with Gasteiger partial charge >= 0.3 is 5.97 Å². The summed E-state index contributed by atoms with van der Waals surface area (Å²) in [5.41, 5.74) is 0.684. The van der Waals surface area contributed by atoms with Crippen LogP contribution in [0.1, 0.15) is 81.3 Å². The molecule has 1 fully saturated rings. The van der Waals surface area contributed by atoms with Crippen molar-refractivity contribution in [3.05, 3.63) is 70.3 Å². The molecule has 7 atom stereocenters. The topological polar surface area (TPSA) is 133 Å². The van der Waals surface area contributed by atoms with Crippen LogP contribution in [0.4, 0.5) is 5.69 Å². The third-order valence-electron chi connectivity index (χ3n) is 11.7. The van der Waals surface area contributed by atoms with Gasteiger partial charge in [-0.3, -0.25) is 9.59 Å². The summed E-state index contributed by atoms with van der Waals surface area (Å²) in [5, 5.41) is 22.2. The van der Waals surface area contributed by atoms with Crippen molar-refractivity contribution in [2.75, 3.05) is 24.6 Å². The Morgan fingerprint density at radius 2 is 1.91 bits per heavy atom. The molecule has 1 spiro atoms. The van der Waals surface area contributed by atoms with Gasteiger partial charge in [0, 0.05) is 29.1 Å². The van der Waals surface area contributed by atoms with E-state index >= 15 is 0 Å². The first-order valence-electron chi connectivity index (χ1n) is 16.6. The van der Waals surface area contributed by atoms with Gasteiger partial charge in [-0.05, 0) is 111 Å². The van der Waals surface area contributed by atoms with Crippen molar-refractivity contribution in [2.45, 2.75) is 82.5 Å². The van der Waals surface area contributed by atoms with E-state index in [0.29, 0.717) is 42.6 Å². The zero-order chi connectivity index (χ0) is 33.9. The fourth-order valence-electron chi connectivity index (χ4n) is 8.44. The summed E-state index contributed by atoms with van der Waals surface area (Å²) < 4.78 is 35.5. The Morgan fingerprint density at radius 1 is 1.15 bits per heavy atom. The molecule has 2 heterocycles. The number of nitrogens with zero attached hydrogens (tertiary/aromatic N) is 1. The standard InChI is InChI=1S/C36H45ClN2O7S/c1-22-7-5-15-36(43,23(2)33(41)42)31-13-16-34(31,4)19-39-20-35(14-6-8-25-17-27(37)10-11-28(25)35)21-46-30-12-9-26(18-29(30)39)32(40)38-47(44,45)24(22)3/h5,9-12,15,17-18,22-24,31,43H,6-8,13-14,16,19-21H2,1-4H3,(H,38,40)(H,41,42)/b15-5+/t22-,23-,24+,31+,34?,35-,36-/m0/s1. The Bertz CT molecular complexity index is 1730. The first-order chi connectivity index (χ1) is 22.1. The maximum atomic E-state index is 13.5. The number of amides is 1. The van der Waals surface area contributed by atoms with Gasteiger partial charge in [-0.15, -0.1) is 0 Å². The third-order valence-corrected chi connectivity index (χ3v) is 13.9. The lowest BCUT2D eigenvalue weighted by Gasteiger charge is -2.57. The van der Waals surface area contributed by atoms with E-state index < -0.39 is 55.4 Å². The summed E-state index contributed by atoms with van der Waals surface area (Å²) in [7, 11) is -4.06. The smallest absolute Gasteiger partial charge is 0.309 e. The summed E-state index contributed by atoms with van der Waals surface area (Å²) in [6.07, 6.45) is 7.73. The molecule has 1 saturated carbocycles. The maximum Gasteiger partial charge on any atom is 0.309 e. The molecule has 47 heavy (non-hydrogen) atoms. The Balaban J connectivity index is 1.50. The summed E-state index contributed by atoms with van der Waals surface area (Å²) in [4.78, 5) is 28.1. The quantitative estimate of drug-likeness (QED) is 0.342. The molecule has 254 valence electrons. The van der Waals surface area contributed by atoms with E-state index in [1.807, 2.05) is 12.1 Å². The van der Waals surface area contributed by atoms with Gasteiger partial charge in [0.25, 0.3) is 5.91 Å². The van der Waals surface area contributed by atoms with Crippen molar-refractivity contribution < 1.29 is 33.0 Å². The van der Waals surface area contributed by atoms with Gasteiger partial charge < -0.3 is 19.8 Å². The first-order valence-corrected chi connectivity index (χ1v) is 18.5. The molecule has 2 aromatic carbocycles. The monoisotopic (exact) mass is 684 g/mol. The molecule has 2 aliphatic carbocycles. The van der Waals surface area contributed by atoms with Crippen LogP contribution >= 0.6 is 11.6 Å². The summed E-state index contributed by atoms with van der Waals surface area (Å²) in [5.74, 6) is -3.11. The lowest BCUT2D eigenvalue weighted by molar-refractivity contribution is -0.163. The second kappa shape index (κ2) is 12.1. The number of aryl methyl sites for hydroxylation is 1. The normalized spacial score (nSPS) is 34.8. The molecule has 3 N–H and O–H groups in total. The van der Waals surface area contributed by atoms with Gasteiger partial charge in [-0.1, -0.05) is 43.7 Å². The Kier molecular flexibility index (Phi) is 8.71. The molecule has 0 saturated heterocycles. The minimum Gasteiger partial charge on any atom is -0.490 e. The number of halogens is 1. The average molecular weight is 685 g/mol. The number of rotatable bonds is 2. The largest absolute Gasteiger partial charge is 0.490 e. The minimum atomic E-state index is -4.06. The van der Waals surface area contributed by atoms with E-state index in [9.17, 15) is 28.2 Å². The number of anilines is 1. The highest BCUT2D eigenvalue weighted by atomic mass is 35.5. The second-order valence-electron chi connectivity index (χ2n) is 14.8. The Hall–Kier alpha value is -3.08. The number of aliphatic carboxylic acids is 1. The van der Waals surface area contributed by atoms with Gasteiger partial charge in [0.2, 0.25) is 10.0 Å². The predicted octanol–water partition coefficient (Wildman–Crippen LogP) is 5.73. The highest BCUT2D eigenvalue weighted by molar-refractivity contribution is 7.90. The number of hydrogen-bond donors (Lipinski definition) is 3. The number of nitrogens with one attached hydrogen (secondary N) is 1. The molecule has 0 radical (unpaired) electrons. The van der Waals surface area contributed by atoms with Crippen molar-refractivity contribution in [3.63, 3.8) is 0 Å². The number of allylic oxidation sites excluding steroid dienone is 1.